The first-order valence-corrected chi connectivity index (χ1v) is 4.78. The van der Waals surface area contributed by atoms with Gasteiger partial charge in [0.05, 0.1) is 0 Å². The maximum absolute atomic E-state index is 13.1. The average molecular weight is 196 g/mol. The maximum Gasteiger partial charge on any atom is 0.129 e. The lowest BCUT2D eigenvalue weighted by Gasteiger charge is -2.10. The number of aliphatic hydroxyl groups is 1. The zero-order valence-corrected chi connectivity index (χ0v) is 8.25. The van der Waals surface area contributed by atoms with Gasteiger partial charge in [-0.15, -0.1) is 0 Å². The third-order valence-corrected chi connectivity index (χ3v) is 2.61. The van der Waals surface area contributed by atoms with Crippen LogP contribution in [-0.4, -0.2) is 11.2 Å². The average Bonchev–Trinajstić information content (AvgIpc) is 2.44. The molecule has 0 amide bonds. The van der Waals surface area contributed by atoms with Crippen molar-refractivity contribution in [1.82, 2.24) is 0 Å². The summed E-state index contributed by atoms with van der Waals surface area (Å²) >= 11 is 0. The Hall–Kier alpha value is -1.09. The highest BCUT2D eigenvalue weighted by Crippen LogP contribution is 2.40. The molecule has 3 heteroatoms. The van der Waals surface area contributed by atoms with Crippen molar-refractivity contribution in [2.24, 2.45) is 0 Å². The first-order chi connectivity index (χ1) is 6.63. The Kier molecular flexibility index (Phi) is 2.19. The van der Waals surface area contributed by atoms with Crippen molar-refractivity contribution >= 4 is 0 Å². The maximum atomic E-state index is 13.1. The zero-order chi connectivity index (χ0) is 10.3. The van der Waals surface area contributed by atoms with Gasteiger partial charge in [0.15, 0.2) is 0 Å². The lowest BCUT2D eigenvalue weighted by molar-refractivity contribution is 0.0651. The van der Waals surface area contributed by atoms with Gasteiger partial charge in [0.1, 0.15) is 23.8 Å². The largest absolute Gasteiger partial charge is 0.487 e. The Balaban J connectivity index is 2.48. The summed E-state index contributed by atoms with van der Waals surface area (Å²) in [6, 6.07) is 2.77. The Morgan fingerprint density at radius 2 is 2.21 bits per heavy atom. The molecule has 0 saturated heterocycles. The predicted molar refractivity (Wildman–Crippen MR) is 50.8 cm³/mol. The SMILES string of the molecule is CCC1Oc2c(C)cc(F)cc2C1O. The second-order valence-corrected chi connectivity index (χ2v) is 3.65. The van der Waals surface area contributed by atoms with Gasteiger partial charge in [-0.05, 0) is 31.0 Å². The molecule has 76 valence electrons. The van der Waals surface area contributed by atoms with Crippen molar-refractivity contribution in [2.75, 3.05) is 0 Å². The lowest BCUT2D eigenvalue weighted by Crippen LogP contribution is -2.16. The van der Waals surface area contributed by atoms with E-state index in [0.717, 1.165) is 12.0 Å². The summed E-state index contributed by atoms with van der Waals surface area (Å²) in [5.41, 5.74) is 1.32. The second-order valence-electron chi connectivity index (χ2n) is 3.65. The van der Waals surface area contributed by atoms with Gasteiger partial charge in [0.25, 0.3) is 0 Å². The summed E-state index contributed by atoms with van der Waals surface area (Å²) in [6.45, 7) is 3.72. The molecule has 2 atom stereocenters. The lowest BCUT2D eigenvalue weighted by atomic mass is 10.0. The molecule has 0 radical (unpaired) electrons. The molecule has 0 aliphatic carbocycles. The van der Waals surface area contributed by atoms with Crippen molar-refractivity contribution in [1.29, 1.82) is 0 Å². The number of aliphatic hydroxyl groups excluding tert-OH is 1. The predicted octanol–water partition coefficient (Wildman–Crippen LogP) is 2.34. The number of hydrogen-bond donors (Lipinski definition) is 1. The van der Waals surface area contributed by atoms with Gasteiger partial charge in [0, 0.05) is 5.56 Å². The highest BCUT2D eigenvalue weighted by molar-refractivity contribution is 5.46. The van der Waals surface area contributed by atoms with Crippen LogP contribution >= 0.6 is 0 Å². The van der Waals surface area contributed by atoms with E-state index in [0.29, 0.717) is 11.3 Å². The Bertz CT molecular complexity index is 363. The molecule has 1 aliphatic heterocycles. The number of ether oxygens (including phenoxy) is 1. The van der Waals surface area contributed by atoms with Crippen LogP contribution in [0.2, 0.25) is 0 Å². The molecule has 2 nitrogen and oxygen atoms in total. The Morgan fingerprint density at radius 1 is 1.50 bits per heavy atom. The van der Waals surface area contributed by atoms with Crippen LogP contribution in [0.1, 0.15) is 30.6 Å². The minimum absolute atomic E-state index is 0.231. The molecule has 0 saturated carbocycles. The van der Waals surface area contributed by atoms with Gasteiger partial charge in [0.2, 0.25) is 0 Å². The summed E-state index contributed by atoms with van der Waals surface area (Å²) < 4.78 is 18.6. The third-order valence-electron chi connectivity index (χ3n) is 2.61. The van der Waals surface area contributed by atoms with Crippen molar-refractivity contribution in [3.05, 3.63) is 29.1 Å². The molecule has 2 unspecified atom stereocenters. The van der Waals surface area contributed by atoms with E-state index < -0.39 is 6.10 Å². The monoisotopic (exact) mass is 196 g/mol. The highest BCUT2D eigenvalue weighted by Gasteiger charge is 2.32. The molecule has 0 aromatic heterocycles. The quantitative estimate of drug-likeness (QED) is 0.747. The van der Waals surface area contributed by atoms with Crippen LogP contribution in [-0.2, 0) is 0 Å². The number of rotatable bonds is 1. The van der Waals surface area contributed by atoms with Crippen LogP contribution in [0.5, 0.6) is 5.75 Å². The first kappa shape index (κ1) is 9.46. The fourth-order valence-electron chi connectivity index (χ4n) is 1.86. The fourth-order valence-corrected chi connectivity index (χ4v) is 1.86. The Labute approximate surface area is 82.3 Å². The molecule has 0 bridgehead atoms. The number of benzene rings is 1. The number of fused-ring (bicyclic) bond motifs is 1. The van der Waals surface area contributed by atoms with E-state index in [1.165, 1.54) is 12.1 Å². The molecular formula is C11H13FO2. The zero-order valence-electron chi connectivity index (χ0n) is 8.25. The smallest absolute Gasteiger partial charge is 0.129 e. The van der Waals surface area contributed by atoms with Gasteiger partial charge in [-0.25, -0.2) is 4.39 Å². The molecular weight excluding hydrogens is 183 g/mol. The van der Waals surface area contributed by atoms with Crippen LogP contribution in [0.15, 0.2) is 12.1 Å². The van der Waals surface area contributed by atoms with Crippen molar-refractivity contribution in [3.63, 3.8) is 0 Å². The van der Waals surface area contributed by atoms with E-state index in [1.54, 1.807) is 6.92 Å². The van der Waals surface area contributed by atoms with E-state index in [1.807, 2.05) is 6.92 Å². The van der Waals surface area contributed by atoms with Gasteiger partial charge >= 0.3 is 0 Å². The number of hydrogen-bond acceptors (Lipinski definition) is 2. The molecule has 1 aliphatic rings. The summed E-state index contributed by atoms with van der Waals surface area (Å²) in [5.74, 6) is 0.325. The van der Waals surface area contributed by atoms with Gasteiger partial charge in [-0.3, -0.25) is 0 Å². The summed E-state index contributed by atoms with van der Waals surface area (Å²) in [7, 11) is 0. The van der Waals surface area contributed by atoms with Crippen molar-refractivity contribution < 1.29 is 14.2 Å². The van der Waals surface area contributed by atoms with Gasteiger partial charge < -0.3 is 9.84 Å². The van der Waals surface area contributed by atoms with Crippen LogP contribution in [0.3, 0.4) is 0 Å². The van der Waals surface area contributed by atoms with Crippen molar-refractivity contribution in [2.45, 2.75) is 32.5 Å². The Morgan fingerprint density at radius 3 is 2.86 bits per heavy atom. The van der Waals surface area contributed by atoms with Crippen LogP contribution in [0, 0.1) is 12.7 Å². The van der Waals surface area contributed by atoms with Gasteiger partial charge in [-0.1, -0.05) is 6.92 Å². The molecule has 1 aromatic carbocycles. The molecule has 2 rings (SSSR count). The molecule has 0 fully saturated rings. The number of halogens is 1. The minimum Gasteiger partial charge on any atom is -0.487 e. The van der Waals surface area contributed by atoms with Crippen LogP contribution < -0.4 is 4.74 Å². The van der Waals surface area contributed by atoms with E-state index in [4.69, 9.17) is 4.74 Å². The molecule has 1 heterocycles. The van der Waals surface area contributed by atoms with E-state index in [-0.39, 0.29) is 11.9 Å². The highest BCUT2D eigenvalue weighted by atomic mass is 19.1. The summed E-state index contributed by atoms with van der Waals surface area (Å²) in [5, 5.41) is 9.80. The summed E-state index contributed by atoms with van der Waals surface area (Å²) in [4.78, 5) is 0. The fraction of sp³-hybridized carbons (Fsp3) is 0.455. The van der Waals surface area contributed by atoms with E-state index >= 15 is 0 Å². The number of aryl methyl sites for hydroxylation is 1. The molecule has 1 N–H and O–H groups in total. The summed E-state index contributed by atoms with van der Waals surface area (Å²) in [6.07, 6.45) is -0.202. The van der Waals surface area contributed by atoms with Crippen LogP contribution in [0.4, 0.5) is 4.39 Å². The standard InChI is InChI=1S/C11H13FO2/c1-3-9-10(13)8-5-7(12)4-6(2)11(8)14-9/h4-5,9-10,13H,3H2,1-2H3. The van der Waals surface area contributed by atoms with Gasteiger partial charge in [-0.2, -0.15) is 0 Å². The minimum atomic E-state index is -0.690. The molecule has 0 spiro atoms. The first-order valence-electron chi connectivity index (χ1n) is 4.78. The van der Waals surface area contributed by atoms with Crippen molar-refractivity contribution in [3.8, 4) is 5.75 Å². The molecule has 14 heavy (non-hydrogen) atoms. The molecule has 1 aromatic rings. The van der Waals surface area contributed by atoms with Crippen LogP contribution in [0.25, 0.3) is 0 Å². The second kappa shape index (κ2) is 3.24. The van der Waals surface area contributed by atoms with E-state index in [2.05, 4.69) is 0 Å². The third kappa shape index (κ3) is 1.28. The normalized spacial score (nSPS) is 24.6. The topological polar surface area (TPSA) is 29.5 Å². The van der Waals surface area contributed by atoms with E-state index in [9.17, 15) is 9.50 Å².